The minimum absolute atomic E-state index is 0.224. The van der Waals surface area contributed by atoms with Gasteiger partial charge in [-0.15, -0.1) is 0 Å². The monoisotopic (exact) mass is 315 g/mol. The topological polar surface area (TPSA) is 28.2 Å². The fourth-order valence-electron chi connectivity index (χ4n) is 2.31. The second-order valence-corrected chi connectivity index (χ2v) is 6.00. The molecule has 1 N–H and O–H groups in total. The lowest BCUT2D eigenvalue weighted by Gasteiger charge is -2.26. The van der Waals surface area contributed by atoms with Crippen molar-refractivity contribution in [2.75, 3.05) is 5.32 Å². The number of thiocarbonyl (C=S) groups is 1. The van der Waals surface area contributed by atoms with E-state index in [1.165, 1.54) is 6.07 Å². The van der Waals surface area contributed by atoms with Gasteiger partial charge in [0.1, 0.15) is 5.82 Å². The molecular weight excluding hydrogens is 297 g/mol. The zero-order valence-corrected chi connectivity index (χ0v) is 13.2. The third-order valence-electron chi connectivity index (χ3n) is 3.75. The molecular formula is C17H18FN3S. The van der Waals surface area contributed by atoms with Crippen molar-refractivity contribution in [3.05, 3.63) is 59.7 Å². The summed E-state index contributed by atoms with van der Waals surface area (Å²) >= 11 is 5.52. The molecule has 0 bridgehead atoms. The molecule has 1 heterocycles. The van der Waals surface area contributed by atoms with Crippen molar-refractivity contribution in [3.8, 4) is 0 Å². The molecule has 0 atom stereocenters. The third-order valence-corrected chi connectivity index (χ3v) is 4.08. The Balaban J connectivity index is 1.71. The van der Waals surface area contributed by atoms with E-state index in [4.69, 9.17) is 12.2 Å². The van der Waals surface area contributed by atoms with Crippen LogP contribution in [0.5, 0.6) is 0 Å². The Bertz CT molecular complexity index is 671. The lowest BCUT2D eigenvalue weighted by atomic mass is 10.2. The zero-order valence-electron chi connectivity index (χ0n) is 12.4. The van der Waals surface area contributed by atoms with Gasteiger partial charge in [-0.2, -0.15) is 0 Å². The number of anilines is 1. The first-order valence-electron chi connectivity index (χ1n) is 7.36. The van der Waals surface area contributed by atoms with Gasteiger partial charge in [0.2, 0.25) is 0 Å². The lowest BCUT2D eigenvalue weighted by Crippen LogP contribution is -2.36. The summed E-state index contributed by atoms with van der Waals surface area (Å²) in [5.74, 6) is -0.224. The Labute approximate surface area is 135 Å². The number of pyridine rings is 1. The van der Waals surface area contributed by atoms with E-state index >= 15 is 0 Å². The summed E-state index contributed by atoms with van der Waals surface area (Å²) in [6, 6.07) is 9.51. The Morgan fingerprint density at radius 3 is 2.86 bits per heavy atom. The van der Waals surface area contributed by atoms with E-state index in [0.717, 1.165) is 24.9 Å². The fourth-order valence-corrected chi connectivity index (χ4v) is 2.64. The van der Waals surface area contributed by atoms with E-state index in [9.17, 15) is 4.39 Å². The number of benzene rings is 1. The van der Waals surface area contributed by atoms with Gasteiger partial charge >= 0.3 is 0 Å². The minimum Gasteiger partial charge on any atom is -0.342 e. The van der Waals surface area contributed by atoms with Gasteiger partial charge in [-0.1, -0.05) is 12.1 Å². The number of hydrogen-bond acceptors (Lipinski definition) is 2. The second kappa shape index (κ2) is 6.40. The molecule has 1 aromatic heterocycles. The van der Waals surface area contributed by atoms with Crippen LogP contribution in [0.1, 0.15) is 24.0 Å². The zero-order chi connectivity index (χ0) is 15.5. The van der Waals surface area contributed by atoms with E-state index in [1.54, 1.807) is 19.2 Å². The normalized spacial score (nSPS) is 13.7. The summed E-state index contributed by atoms with van der Waals surface area (Å²) in [7, 11) is 0. The molecule has 2 aromatic rings. The molecule has 0 unspecified atom stereocenters. The molecule has 5 heteroatoms. The van der Waals surface area contributed by atoms with Crippen molar-refractivity contribution in [2.45, 2.75) is 32.4 Å². The first-order valence-corrected chi connectivity index (χ1v) is 7.77. The summed E-state index contributed by atoms with van der Waals surface area (Å²) in [6.45, 7) is 2.47. The van der Waals surface area contributed by atoms with Crippen LogP contribution in [0, 0.1) is 12.7 Å². The highest BCUT2D eigenvalue weighted by Gasteiger charge is 2.30. The third kappa shape index (κ3) is 3.60. The van der Waals surface area contributed by atoms with Crippen LogP contribution in [-0.4, -0.2) is 21.0 Å². The molecule has 1 aliphatic carbocycles. The van der Waals surface area contributed by atoms with Crippen LogP contribution in [0.3, 0.4) is 0 Å². The highest BCUT2D eigenvalue weighted by atomic mass is 32.1. The number of aryl methyl sites for hydroxylation is 1. The van der Waals surface area contributed by atoms with Crippen LogP contribution >= 0.6 is 12.2 Å². The maximum atomic E-state index is 13.6. The summed E-state index contributed by atoms with van der Waals surface area (Å²) in [6.07, 6.45) is 5.90. The largest absolute Gasteiger partial charge is 0.342 e. The van der Waals surface area contributed by atoms with Crippen molar-refractivity contribution in [1.82, 2.24) is 9.88 Å². The molecule has 1 fully saturated rings. The Hall–Kier alpha value is -2.01. The van der Waals surface area contributed by atoms with Crippen LogP contribution in [0.15, 0.2) is 42.7 Å². The van der Waals surface area contributed by atoms with Crippen LogP contribution in [0.25, 0.3) is 0 Å². The maximum Gasteiger partial charge on any atom is 0.173 e. The van der Waals surface area contributed by atoms with E-state index in [2.05, 4.69) is 15.2 Å². The second-order valence-electron chi connectivity index (χ2n) is 5.61. The van der Waals surface area contributed by atoms with Crippen molar-refractivity contribution < 1.29 is 4.39 Å². The van der Waals surface area contributed by atoms with Gasteiger partial charge in [-0.05, 0) is 61.3 Å². The first kappa shape index (κ1) is 14.9. The molecule has 1 aromatic carbocycles. The molecule has 0 amide bonds. The number of nitrogens with one attached hydrogen (secondary N) is 1. The average Bonchev–Trinajstić information content (AvgIpc) is 3.34. The average molecular weight is 315 g/mol. The quantitative estimate of drug-likeness (QED) is 0.867. The van der Waals surface area contributed by atoms with Gasteiger partial charge in [0.15, 0.2) is 5.11 Å². The highest BCUT2D eigenvalue weighted by molar-refractivity contribution is 7.80. The van der Waals surface area contributed by atoms with Gasteiger partial charge in [0.05, 0.1) is 0 Å². The van der Waals surface area contributed by atoms with Crippen LogP contribution in [0.2, 0.25) is 0 Å². The van der Waals surface area contributed by atoms with E-state index < -0.39 is 0 Å². The van der Waals surface area contributed by atoms with Crippen LogP contribution < -0.4 is 5.32 Å². The Morgan fingerprint density at radius 2 is 2.23 bits per heavy atom. The molecule has 3 nitrogen and oxygen atoms in total. The summed E-state index contributed by atoms with van der Waals surface area (Å²) < 4.78 is 13.6. The molecule has 22 heavy (non-hydrogen) atoms. The highest BCUT2D eigenvalue weighted by Crippen LogP contribution is 2.29. The lowest BCUT2D eigenvalue weighted by molar-refractivity contribution is 0.409. The van der Waals surface area contributed by atoms with Gasteiger partial charge in [-0.3, -0.25) is 4.98 Å². The van der Waals surface area contributed by atoms with E-state index in [1.807, 2.05) is 24.4 Å². The molecule has 3 rings (SSSR count). The minimum atomic E-state index is -0.224. The molecule has 0 radical (unpaired) electrons. The number of rotatable bonds is 4. The number of hydrogen-bond donors (Lipinski definition) is 1. The standard InChI is InChI=1S/C17H18FN3S/c1-12-4-5-14(9-16(12)18)20-17(22)21(15-6-7-15)11-13-3-2-8-19-10-13/h2-5,8-10,15H,6-7,11H2,1H3,(H,20,22). The summed E-state index contributed by atoms with van der Waals surface area (Å²) in [5.41, 5.74) is 2.43. The molecule has 114 valence electrons. The number of aromatic nitrogens is 1. The predicted octanol–water partition coefficient (Wildman–Crippen LogP) is 3.89. The Kier molecular flexibility index (Phi) is 4.34. The van der Waals surface area contributed by atoms with Crippen molar-refractivity contribution in [2.24, 2.45) is 0 Å². The summed E-state index contributed by atoms with van der Waals surface area (Å²) in [5, 5.41) is 3.78. The summed E-state index contributed by atoms with van der Waals surface area (Å²) in [4.78, 5) is 6.30. The van der Waals surface area contributed by atoms with Gasteiger partial charge in [0, 0.05) is 30.7 Å². The molecule has 1 saturated carbocycles. The molecule has 0 aliphatic heterocycles. The molecule has 1 aliphatic rings. The maximum absolute atomic E-state index is 13.6. The van der Waals surface area contributed by atoms with E-state index in [-0.39, 0.29) is 5.82 Å². The molecule has 0 spiro atoms. The Morgan fingerprint density at radius 1 is 1.41 bits per heavy atom. The van der Waals surface area contributed by atoms with Crippen molar-refractivity contribution in [3.63, 3.8) is 0 Å². The number of nitrogens with zero attached hydrogens (tertiary/aromatic N) is 2. The van der Waals surface area contributed by atoms with Gasteiger partial charge in [-0.25, -0.2) is 4.39 Å². The number of halogens is 1. The van der Waals surface area contributed by atoms with Crippen LogP contribution in [-0.2, 0) is 6.54 Å². The predicted molar refractivity (Wildman–Crippen MR) is 90.2 cm³/mol. The SMILES string of the molecule is Cc1ccc(NC(=S)N(Cc2cccnc2)C2CC2)cc1F. The smallest absolute Gasteiger partial charge is 0.173 e. The van der Waals surface area contributed by atoms with Crippen molar-refractivity contribution in [1.29, 1.82) is 0 Å². The van der Waals surface area contributed by atoms with E-state index in [0.29, 0.717) is 22.4 Å². The van der Waals surface area contributed by atoms with Gasteiger partial charge in [0.25, 0.3) is 0 Å². The fraction of sp³-hybridized carbons (Fsp3) is 0.294. The first-order chi connectivity index (χ1) is 10.6. The van der Waals surface area contributed by atoms with Gasteiger partial charge < -0.3 is 10.2 Å². The molecule has 0 saturated heterocycles. The van der Waals surface area contributed by atoms with Crippen LogP contribution in [0.4, 0.5) is 10.1 Å². The van der Waals surface area contributed by atoms with Crippen molar-refractivity contribution >= 4 is 23.0 Å².